The van der Waals surface area contributed by atoms with E-state index in [1.807, 2.05) is 6.07 Å². The Labute approximate surface area is 129 Å². The summed E-state index contributed by atoms with van der Waals surface area (Å²) in [5.74, 6) is -0.218. The molecule has 0 aliphatic rings. The molecule has 0 saturated carbocycles. The predicted molar refractivity (Wildman–Crippen MR) is 80.9 cm³/mol. The van der Waals surface area contributed by atoms with Crippen molar-refractivity contribution in [2.45, 2.75) is 6.42 Å². The zero-order valence-electron chi connectivity index (χ0n) is 12.6. The number of methoxy groups -OCH3 is 1. The lowest BCUT2D eigenvalue weighted by Crippen LogP contribution is -2.31. The van der Waals surface area contributed by atoms with E-state index in [4.69, 9.17) is 14.7 Å². The second kappa shape index (κ2) is 9.19. The Hall–Kier alpha value is -2.81. The number of carbonyl (C=O) groups excluding carboxylic acids is 2. The number of hydrogen-bond acceptors (Lipinski definition) is 5. The van der Waals surface area contributed by atoms with Gasteiger partial charge in [-0.3, -0.25) is 4.79 Å². The van der Waals surface area contributed by atoms with Crippen LogP contribution in [0.15, 0.2) is 30.3 Å². The number of rotatable bonds is 7. The van der Waals surface area contributed by atoms with Gasteiger partial charge in [-0.2, -0.15) is 5.26 Å². The van der Waals surface area contributed by atoms with Crippen molar-refractivity contribution in [3.05, 3.63) is 35.9 Å². The van der Waals surface area contributed by atoms with E-state index in [1.165, 1.54) is 11.0 Å². The Balaban J connectivity index is 2.40. The fourth-order valence-corrected chi connectivity index (χ4v) is 1.51. The van der Waals surface area contributed by atoms with Crippen molar-refractivity contribution in [1.82, 2.24) is 4.90 Å². The minimum absolute atomic E-state index is 0.244. The standard InChI is InChI=1S/C16H18N2O4/c1-18(11-3-10-17)15(19)12-22-16(20)9-6-13-4-7-14(21-2)8-5-13/h4-9H,3,11-12H2,1-2H3/b9-6+. The lowest BCUT2D eigenvalue weighted by atomic mass is 10.2. The average Bonchev–Trinajstić information content (AvgIpc) is 2.55. The van der Waals surface area contributed by atoms with Gasteiger partial charge in [-0.05, 0) is 23.8 Å². The van der Waals surface area contributed by atoms with Crippen LogP contribution < -0.4 is 4.74 Å². The molecule has 0 bridgehead atoms. The fraction of sp³-hybridized carbons (Fsp3) is 0.312. The van der Waals surface area contributed by atoms with E-state index >= 15 is 0 Å². The maximum absolute atomic E-state index is 11.6. The van der Waals surface area contributed by atoms with Crippen LogP contribution in [-0.2, 0) is 14.3 Å². The van der Waals surface area contributed by atoms with Crippen molar-refractivity contribution in [1.29, 1.82) is 5.26 Å². The second-order valence-corrected chi connectivity index (χ2v) is 4.44. The molecule has 0 spiro atoms. The Kier molecular flexibility index (Phi) is 7.20. The summed E-state index contributed by atoms with van der Waals surface area (Å²) < 4.78 is 9.88. The summed E-state index contributed by atoms with van der Waals surface area (Å²) in [5, 5.41) is 8.44. The highest BCUT2D eigenvalue weighted by molar-refractivity contribution is 5.89. The van der Waals surface area contributed by atoms with Crippen LogP contribution in [0.25, 0.3) is 6.08 Å². The number of likely N-dealkylation sites (N-methyl/N-ethyl adjacent to an activating group) is 1. The monoisotopic (exact) mass is 302 g/mol. The molecule has 0 unspecified atom stereocenters. The third-order valence-electron chi connectivity index (χ3n) is 2.85. The summed E-state index contributed by atoms with van der Waals surface area (Å²) in [6, 6.07) is 9.09. The van der Waals surface area contributed by atoms with Crippen molar-refractivity contribution in [2.75, 3.05) is 27.3 Å². The number of benzene rings is 1. The van der Waals surface area contributed by atoms with Gasteiger partial charge in [0.2, 0.25) is 0 Å². The van der Waals surface area contributed by atoms with E-state index in [-0.39, 0.29) is 18.9 Å². The SMILES string of the molecule is COc1ccc(/C=C/C(=O)OCC(=O)N(C)CCC#N)cc1. The molecule has 0 fully saturated rings. The first-order chi connectivity index (χ1) is 10.6. The van der Waals surface area contributed by atoms with Crippen LogP contribution in [-0.4, -0.2) is 44.1 Å². The molecule has 1 aromatic carbocycles. The van der Waals surface area contributed by atoms with Gasteiger partial charge >= 0.3 is 5.97 Å². The quantitative estimate of drug-likeness (QED) is 0.565. The van der Waals surface area contributed by atoms with E-state index in [9.17, 15) is 9.59 Å². The molecule has 0 aliphatic carbocycles. The van der Waals surface area contributed by atoms with E-state index < -0.39 is 5.97 Å². The average molecular weight is 302 g/mol. The zero-order chi connectivity index (χ0) is 16.4. The third-order valence-corrected chi connectivity index (χ3v) is 2.85. The number of nitriles is 1. The van der Waals surface area contributed by atoms with Gasteiger partial charge in [-0.1, -0.05) is 12.1 Å². The summed E-state index contributed by atoms with van der Waals surface area (Å²) in [7, 11) is 3.13. The molecule has 0 saturated heterocycles. The van der Waals surface area contributed by atoms with Crippen molar-refractivity contribution < 1.29 is 19.1 Å². The molecule has 0 aliphatic heterocycles. The van der Waals surface area contributed by atoms with E-state index in [2.05, 4.69) is 0 Å². The van der Waals surface area contributed by atoms with Gasteiger partial charge in [0, 0.05) is 19.7 Å². The highest BCUT2D eigenvalue weighted by atomic mass is 16.5. The molecule has 0 radical (unpaired) electrons. The normalized spacial score (nSPS) is 10.0. The summed E-state index contributed by atoms with van der Waals surface area (Å²) >= 11 is 0. The van der Waals surface area contributed by atoms with Crippen LogP contribution >= 0.6 is 0 Å². The predicted octanol–water partition coefficient (Wildman–Crippen LogP) is 1.62. The number of ether oxygens (including phenoxy) is 2. The maximum atomic E-state index is 11.6. The molecule has 116 valence electrons. The van der Waals surface area contributed by atoms with E-state index in [1.54, 1.807) is 44.5 Å². The molecule has 1 aromatic rings. The van der Waals surface area contributed by atoms with Gasteiger partial charge in [-0.25, -0.2) is 4.79 Å². The largest absolute Gasteiger partial charge is 0.497 e. The number of amides is 1. The van der Waals surface area contributed by atoms with Crippen molar-refractivity contribution in [3.8, 4) is 11.8 Å². The summed E-state index contributed by atoms with van der Waals surface area (Å²) in [6.45, 7) is -0.0255. The highest BCUT2D eigenvalue weighted by Gasteiger charge is 2.10. The molecule has 0 aromatic heterocycles. The van der Waals surface area contributed by atoms with Gasteiger partial charge in [0.25, 0.3) is 5.91 Å². The maximum Gasteiger partial charge on any atom is 0.331 e. The minimum atomic E-state index is -0.599. The number of nitrogens with zero attached hydrogens (tertiary/aromatic N) is 2. The lowest BCUT2D eigenvalue weighted by Gasteiger charge is -2.14. The van der Waals surface area contributed by atoms with E-state index in [0.717, 1.165) is 11.3 Å². The molecule has 6 heteroatoms. The molecule has 22 heavy (non-hydrogen) atoms. The molecule has 1 rings (SSSR count). The molecule has 6 nitrogen and oxygen atoms in total. The summed E-state index contributed by atoms with van der Waals surface area (Å²) in [5.41, 5.74) is 0.815. The van der Waals surface area contributed by atoms with Gasteiger partial charge in [0.1, 0.15) is 5.75 Å². The number of carbonyl (C=O) groups is 2. The van der Waals surface area contributed by atoms with Gasteiger partial charge < -0.3 is 14.4 Å². The van der Waals surface area contributed by atoms with Crippen molar-refractivity contribution in [3.63, 3.8) is 0 Å². The zero-order valence-corrected chi connectivity index (χ0v) is 12.6. The van der Waals surface area contributed by atoms with Crippen LogP contribution in [0.5, 0.6) is 5.75 Å². The van der Waals surface area contributed by atoms with Gasteiger partial charge in [0.05, 0.1) is 19.6 Å². The summed E-state index contributed by atoms with van der Waals surface area (Å²) in [6.07, 6.45) is 3.09. The van der Waals surface area contributed by atoms with Crippen molar-refractivity contribution in [2.24, 2.45) is 0 Å². The first kappa shape index (κ1) is 17.2. The third kappa shape index (κ3) is 6.09. The second-order valence-electron chi connectivity index (χ2n) is 4.44. The van der Waals surface area contributed by atoms with Gasteiger partial charge in [-0.15, -0.1) is 0 Å². The molecule has 0 N–H and O–H groups in total. The summed E-state index contributed by atoms with van der Waals surface area (Å²) in [4.78, 5) is 24.5. The Morgan fingerprint density at radius 1 is 1.32 bits per heavy atom. The van der Waals surface area contributed by atoms with Gasteiger partial charge in [0.15, 0.2) is 6.61 Å². The topological polar surface area (TPSA) is 79.6 Å². The van der Waals surface area contributed by atoms with Crippen LogP contribution in [0.3, 0.4) is 0 Å². The minimum Gasteiger partial charge on any atom is -0.497 e. The molecule has 1 amide bonds. The smallest absolute Gasteiger partial charge is 0.331 e. The Morgan fingerprint density at radius 3 is 2.59 bits per heavy atom. The Morgan fingerprint density at radius 2 is 2.00 bits per heavy atom. The lowest BCUT2D eigenvalue weighted by molar-refractivity contribution is -0.147. The molecule has 0 heterocycles. The van der Waals surface area contributed by atoms with Crippen LogP contribution in [0.2, 0.25) is 0 Å². The van der Waals surface area contributed by atoms with Crippen molar-refractivity contribution >= 4 is 18.0 Å². The first-order valence-electron chi connectivity index (χ1n) is 6.66. The molecular formula is C16H18N2O4. The van der Waals surface area contributed by atoms with Crippen LogP contribution in [0.1, 0.15) is 12.0 Å². The highest BCUT2D eigenvalue weighted by Crippen LogP contribution is 2.12. The number of hydrogen-bond donors (Lipinski definition) is 0. The molecule has 0 atom stereocenters. The van der Waals surface area contributed by atoms with Crippen LogP contribution in [0, 0.1) is 11.3 Å². The fourth-order valence-electron chi connectivity index (χ4n) is 1.51. The Bertz CT molecular complexity index is 573. The molecular weight excluding hydrogens is 284 g/mol. The van der Waals surface area contributed by atoms with Crippen LogP contribution in [0.4, 0.5) is 0 Å². The number of esters is 1. The van der Waals surface area contributed by atoms with E-state index in [0.29, 0.717) is 6.54 Å². The first-order valence-corrected chi connectivity index (χ1v) is 6.66.